The maximum absolute atomic E-state index is 12.4. The van der Waals surface area contributed by atoms with Crippen LogP contribution in [0.1, 0.15) is 20.3 Å². The van der Waals surface area contributed by atoms with Gasteiger partial charge in [0.05, 0.1) is 11.3 Å². The van der Waals surface area contributed by atoms with Crippen molar-refractivity contribution in [2.24, 2.45) is 5.92 Å². The summed E-state index contributed by atoms with van der Waals surface area (Å²) in [6.07, 6.45) is -0.102. The molecule has 0 aliphatic rings. The fourth-order valence-electron chi connectivity index (χ4n) is 1.70. The predicted octanol–water partition coefficient (Wildman–Crippen LogP) is 2.59. The molecular weight excluding hydrogens is 304 g/mol. The van der Waals surface area contributed by atoms with Crippen LogP contribution >= 0.6 is 0 Å². The average molecular weight is 321 g/mol. The number of rotatable bonds is 7. The zero-order valence-electron chi connectivity index (χ0n) is 11.6. The number of sulfone groups is 1. The van der Waals surface area contributed by atoms with Crippen molar-refractivity contribution in [2.75, 3.05) is 5.32 Å². The second kappa shape index (κ2) is 6.84. The molecule has 2 N–H and O–H groups in total. The lowest BCUT2D eigenvalue weighted by Gasteiger charge is -2.22. The van der Waals surface area contributed by atoms with Crippen molar-refractivity contribution in [3.63, 3.8) is 0 Å². The van der Waals surface area contributed by atoms with Gasteiger partial charge in [0.15, 0.2) is 0 Å². The third-order valence-corrected chi connectivity index (χ3v) is 4.37. The fraction of sp³-hybridized carbons (Fsp3) is 0.462. The number of hydrogen-bond donors (Lipinski definition) is 2. The molecule has 1 rings (SSSR count). The van der Waals surface area contributed by atoms with Crippen molar-refractivity contribution in [3.05, 3.63) is 24.3 Å². The van der Waals surface area contributed by atoms with Crippen LogP contribution < -0.4 is 5.32 Å². The van der Waals surface area contributed by atoms with Gasteiger partial charge in [0.1, 0.15) is 0 Å². The Morgan fingerprint density at radius 2 is 1.76 bits per heavy atom. The summed E-state index contributed by atoms with van der Waals surface area (Å²) in [4.78, 5) is 10.3. The average Bonchev–Trinajstić information content (AvgIpc) is 2.37. The van der Waals surface area contributed by atoms with E-state index in [2.05, 4.69) is 5.32 Å². The summed E-state index contributed by atoms with van der Waals surface area (Å²) in [6.45, 7) is 3.69. The highest BCUT2D eigenvalue weighted by Gasteiger charge is 2.26. The highest BCUT2D eigenvalue weighted by atomic mass is 32.2. The van der Waals surface area contributed by atoms with E-state index in [1.54, 1.807) is 0 Å². The van der Waals surface area contributed by atoms with E-state index in [0.29, 0.717) is 5.69 Å². The SMILES string of the molecule is CC(C)C(CC(=O)O)Nc1ccc(S(=O)(=O)C(F)F)cc1. The Morgan fingerprint density at radius 1 is 1.24 bits per heavy atom. The van der Waals surface area contributed by atoms with Gasteiger partial charge in [-0.05, 0) is 30.2 Å². The van der Waals surface area contributed by atoms with Gasteiger partial charge in [-0.1, -0.05) is 13.8 Å². The Balaban J connectivity index is 2.90. The number of aliphatic carboxylic acids is 1. The van der Waals surface area contributed by atoms with Crippen molar-refractivity contribution in [1.29, 1.82) is 0 Å². The molecule has 0 aliphatic carbocycles. The molecule has 0 heterocycles. The molecule has 1 aromatic rings. The van der Waals surface area contributed by atoms with E-state index in [9.17, 15) is 22.0 Å². The van der Waals surface area contributed by atoms with E-state index in [1.165, 1.54) is 12.1 Å². The van der Waals surface area contributed by atoms with E-state index in [-0.39, 0.29) is 18.4 Å². The van der Waals surface area contributed by atoms with E-state index in [4.69, 9.17) is 5.11 Å². The topological polar surface area (TPSA) is 83.5 Å². The van der Waals surface area contributed by atoms with Gasteiger partial charge in [-0.15, -0.1) is 0 Å². The predicted molar refractivity (Wildman–Crippen MR) is 74.1 cm³/mol. The number of carboxylic acids is 1. The lowest BCUT2D eigenvalue weighted by Crippen LogP contribution is -2.28. The molecule has 0 fully saturated rings. The molecule has 0 bridgehead atoms. The smallest absolute Gasteiger partial charge is 0.341 e. The normalized spacial score (nSPS) is 13.4. The van der Waals surface area contributed by atoms with Gasteiger partial charge in [-0.2, -0.15) is 8.78 Å². The Kier molecular flexibility index (Phi) is 5.65. The van der Waals surface area contributed by atoms with Crippen LogP contribution in [0.3, 0.4) is 0 Å². The quantitative estimate of drug-likeness (QED) is 0.806. The third kappa shape index (κ3) is 4.66. The van der Waals surface area contributed by atoms with E-state index in [0.717, 1.165) is 12.1 Å². The molecule has 5 nitrogen and oxygen atoms in total. The molecule has 0 spiro atoms. The first kappa shape index (κ1) is 17.4. The standard InChI is InChI=1S/C13H17F2NO4S/c1-8(2)11(7-12(17)18)16-9-3-5-10(6-4-9)21(19,20)13(14)15/h3-6,8,11,13,16H,7H2,1-2H3,(H,17,18). The summed E-state index contributed by atoms with van der Waals surface area (Å²) in [7, 11) is -4.61. The van der Waals surface area contributed by atoms with E-state index >= 15 is 0 Å². The maximum Gasteiger partial charge on any atom is 0.341 e. The Morgan fingerprint density at radius 3 is 2.14 bits per heavy atom. The van der Waals surface area contributed by atoms with Crippen LogP contribution in [-0.2, 0) is 14.6 Å². The molecule has 21 heavy (non-hydrogen) atoms. The minimum absolute atomic E-state index is 0.0329. The molecule has 1 atom stereocenters. The summed E-state index contributed by atoms with van der Waals surface area (Å²) in [6, 6.07) is 4.48. The second-order valence-corrected chi connectivity index (χ2v) is 6.84. The lowest BCUT2D eigenvalue weighted by molar-refractivity contribution is -0.137. The molecule has 0 saturated carbocycles. The summed E-state index contributed by atoms with van der Waals surface area (Å²) < 4.78 is 47.3. The number of benzene rings is 1. The van der Waals surface area contributed by atoms with Crippen LogP contribution in [0.4, 0.5) is 14.5 Å². The van der Waals surface area contributed by atoms with Crippen LogP contribution in [-0.4, -0.2) is 31.3 Å². The number of hydrogen-bond acceptors (Lipinski definition) is 4. The molecule has 0 aliphatic heterocycles. The van der Waals surface area contributed by atoms with E-state index in [1.807, 2.05) is 13.8 Å². The van der Waals surface area contributed by atoms with Crippen LogP contribution in [0.25, 0.3) is 0 Å². The van der Waals surface area contributed by atoms with E-state index < -0.39 is 26.5 Å². The molecule has 0 saturated heterocycles. The first-order valence-electron chi connectivity index (χ1n) is 6.25. The van der Waals surface area contributed by atoms with Crippen molar-refractivity contribution < 1.29 is 27.1 Å². The number of halogens is 2. The maximum atomic E-state index is 12.4. The highest BCUT2D eigenvalue weighted by Crippen LogP contribution is 2.22. The van der Waals surface area contributed by atoms with Crippen molar-refractivity contribution >= 4 is 21.5 Å². The van der Waals surface area contributed by atoms with Gasteiger partial charge in [0, 0.05) is 11.7 Å². The minimum Gasteiger partial charge on any atom is -0.481 e. The van der Waals surface area contributed by atoms with Crippen molar-refractivity contribution in [3.8, 4) is 0 Å². The van der Waals surface area contributed by atoms with Gasteiger partial charge in [0.2, 0.25) is 9.84 Å². The van der Waals surface area contributed by atoms with Gasteiger partial charge in [-0.25, -0.2) is 8.42 Å². The summed E-state index contributed by atoms with van der Waals surface area (Å²) in [5, 5.41) is 11.8. The molecular formula is C13H17F2NO4S. The molecule has 0 amide bonds. The molecule has 1 aromatic carbocycles. The van der Waals surface area contributed by atoms with Crippen LogP contribution in [0.2, 0.25) is 0 Å². The van der Waals surface area contributed by atoms with Crippen molar-refractivity contribution in [1.82, 2.24) is 0 Å². The zero-order chi connectivity index (χ0) is 16.2. The Bertz CT molecular complexity index is 585. The Hall–Kier alpha value is -1.70. The molecule has 1 unspecified atom stereocenters. The van der Waals surface area contributed by atoms with Gasteiger partial charge in [0.25, 0.3) is 0 Å². The number of alkyl halides is 2. The molecule has 8 heteroatoms. The molecule has 0 aromatic heterocycles. The third-order valence-electron chi connectivity index (χ3n) is 2.97. The number of carboxylic acid groups (broad SMARTS) is 1. The first-order valence-corrected chi connectivity index (χ1v) is 7.79. The largest absolute Gasteiger partial charge is 0.481 e. The van der Waals surface area contributed by atoms with Gasteiger partial charge < -0.3 is 10.4 Å². The number of anilines is 1. The van der Waals surface area contributed by atoms with Gasteiger partial charge >= 0.3 is 11.7 Å². The lowest BCUT2D eigenvalue weighted by atomic mass is 10.0. The number of carbonyl (C=O) groups is 1. The van der Waals surface area contributed by atoms with Gasteiger partial charge in [-0.3, -0.25) is 4.79 Å². The van der Waals surface area contributed by atoms with Crippen molar-refractivity contribution in [2.45, 2.75) is 37.0 Å². The van der Waals surface area contributed by atoms with Crippen LogP contribution in [0.15, 0.2) is 29.2 Å². The summed E-state index contributed by atoms with van der Waals surface area (Å²) in [5.41, 5.74) is 0.475. The first-order chi connectivity index (χ1) is 9.64. The summed E-state index contributed by atoms with van der Waals surface area (Å²) in [5.74, 6) is -4.39. The Labute approximate surface area is 121 Å². The molecule has 118 valence electrons. The highest BCUT2D eigenvalue weighted by molar-refractivity contribution is 7.91. The second-order valence-electron chi connectivity index (χ2n) is 4.92. The van der Waals surface area contributed by atoms with Crippen LogP contribution in [0, 0.1) is 5.92 Å². The number of nitrogens with one attached hydrogen (secondary N) is 1. The zero-order valence-corrected chi connectivity index (χ0v) is 12.4. The van der Waals surface area contributed by atoms with Crippen LogP contribution in [0.5, 0.6) is 0 Å². The minimum atomic E-state index is -4.61. The summed E-state index contributed by atoms with van der Waals surface area (Å²) >= 11 is 0. The monoisotopic (exact) mass is 321 g/mol. The fourth-order valence-corrected chi connectivity index (χ4v) is 2.42. The molecule has 0 radical (unpaired) electrons.